The van der Waals surface area contributed by atoms with Crippen molar-refractivity contribution in [1.82, 2.24) is 9.88 Å². The Balaban J connectivity index is 0.00000338. The van der Waals surface area contributed by atoms with Crippen LogP contribution in [0.1, 0.15) is 5.56 Å². The number of nitrogens with one attached hydrogen (secondary N) is 1. The van der Waals surface area contributed by atoms with Crippen molar-refractivity contribution in [2.45, 2.75) is 6.54 Å². The molecule has 0 fully saturated rings. The number of aromatic nitrogens is 1. The molecular weight excluding hydrogens is 445 g/mol. The molecule has 0 aliphatic heterocycles. The zero-order valence-corrected chi connectivity index (χ0v) is 17.6. The minimum atomic E-state index is 0. The van der Waals surface area contributed by atoms with E-state index < -0.39 is 0 Å². The number of halogens is 1. The highest BCUT2D eigenvalue weighted by atomic mass is 127. The molecule has 142 valence electrons. The normalized spacial score (nSPS) is 11.0. The lowest BCUT2D eigenvalue weighted by atomic mass is 10.3. The molecule has 1 aromatic heterocycles. The topological polar surface area (TPSA) is 85.0 Å². The van der Waals surface area contributed by atoms with Crippen molar-refractivity contribution in [3.8, 4) is 11.6 Å². The SMILES string of the molecule is COc1ccc(NC(N)=NCc2ccnc(OCCN(C)C)c2)cc1.I. The number of anilines is 1. The Morgan fingerprint density at radius 1 is 1.23 bits per heavy atom. The molecule has 0 bridgehead atoms. The summed E-state index contributed by atoms with van der Waals surface area (Å²) in [5.74, 6) is 1.73. The Morgan fingerprint density at radius 3 is 2.62 bits per heavy atom. The van der Waals surface area contributed by atoms with E-state index in [0.29, 0.717) is 25.0 Å². The molecule has 0 aliphatic carbocycles. The third kappa shape index (κ3) is 7.87. The second-order valence-electron chi connectivity index (χ2n) is 5.71. The quantitative estimate of drug-likeness (QED) is 0.350. The van der Waals surface area contributed by atoms with Gasteiger partial charge >= 0.3 is 0 Å². The van der Waals surface area contributed by atoms with Crippen LogP contribution in [0.4, 0.5) is 5.69 Å². The van der Waals surface area contributed by atoms with Gasteiger partial charge in [0.1, 0.15) is 12.4 Å². The van der Waals surface area contributed by atoms with Crippen LogP contribution in [0, 0.1) is 0 Å². The molecule has 1 aromatic carbocycles. The Labute approximate surface area is 171 Å². The molecule has 3 N–H and O–H groups in total. The second kappa shape index (κ2) is 11.5. The summed E-state index contributed by atoms with van der Waals surface area (Å²) in [6.07, 6.45) is 1.71. The highest BCUT2D eigenvalue weighted by molar-refractivity contribution is 14.0. The van der Waals surface area contributed by atoms with E-state index in [2.05, 4.69) is 20.2 Å². The lowest BCUT2D eigenvalue weighted by Crippen LogP contribution is -2.22. The van der Waals surface area contributed by atoms with Crippen molar-refractivity contribution >= 4 is 35.6 Å². The van der Waals surface area contributed by atoms with Crippen molar-refractivity contribution in [2.75, 3.05) is 39.7 Å². The van der Waals surface area contributed by atoms with E-state index in [9.17, 15) is 0 Å². The van der Waals surface area contributed by atoms with Gasteiger partial charge in [-0.1, -0.05) is 0 Å². The molecule has 0 radical (unpaired) electrons. The van der Waals surface area contributed by atoms with E-state index in [1.54, 1.807) is 13.3 Å². The molecule has 0 saturated heterocycles. The maximum Gasteiger partial charge on any atom is 0.213 e. The molecule has 7 nitrogen and oxygen atoms in total. The van der Waals surface area contributed by atoms with Gasteiger partial charge in [-0.05, 0) is 50.0 Å². The Kier molecular flexibility index (Phi) is 9.74. The molecule has 26 heavy (non-hydrogen) atoms. The van der Waals surface area contributed by atoms with Crippen LogP contribution in [0.2, 0.25) is 0 Å². The maximum atomic E-state index is 5.93. The number of methoxy groups -OCH3 is 1. The fourth-order valence-electron chi connectivity index (χ4n) is 2.00. The Bertz CT molecular complexity index is 692. The van der Waals surface area contributed by atoms with Gasteiger partial charge in [-0.2, -0.15) is 0 Å². The molecule has 0 saturated carbocycles. The van der Waals surface area contributed by atoms with Gasteiger partial charge in [0.05, 0.1) is 13.7 Å². The van der Waals surface area contributed by atoms with Crippen molar-refractivity contribution < 1.29 is 9.47 Å². The zero-order valence-electron chi connectivity index (χ0n) is 15.3. The first kappa shape index (κ1) is 22.0. The van der Waals surface area contributed by atoms with Crippen molar-refractivity contribution in [3.63, 3.8) is 0 Å². The van der Waals surface area contributed by atoms with Crippen LogP contribution in [-0.4, -0.2) is 50.2 Å². The predicted octanol–water partition coefficient (Wildman–Crippen LogP) is 2.58. The summed E-state index contributed by atoms with van der Waals surface area (Å²) in [5.41, 5.74) is 7.76. The van der Waals surface area contributed by atoms with Gasteiger partial charge < -0.3 is 25.4 Å². The molecule has 0 amide bonds. The first-order chi connectivity index (χ1) is 12.1. The highest BCUT2D eigenvalue weighted by Gasteiger charge is 2.00. The molecule has 8 heteroatoms. The number of nitrogens with two attached hydrogens (primary N) is 1. The van der Waals surface area contributed by atoms with Gasteiger partial charge in [0.2, 0.25) is 5.88 Å². The number of hydrogen-bond acceptors (Lipinski definition) is 5. The molecule has 0 unspecified atom stereocenters. The van der Waals surface area contributed by atoms with Crippen LogP contribution >= 0.6 is 24.0 Å². The van der Waals surface area contributed by atoms with Crippen molar-refractivity contribution in [2.24, 2.45) is 10.7 Å². The zero-order chi connectivity index (χ0) is 18.1. The monoisotopic (exact) mass is 471 g/mol. The third-order valence-electron chi connectivity index (χ3n) is 3.38. The minimum absolute atomic E-state index is 0. The number of hydrogen-bond donors (Lipinski definition) is 2. The summed E-state index contributed by atoms with van der Waals surface area (Å²) < 4.78 is 10.7. The van der Waals surface area contributed by atoms with E-state index in [1.807, 2.05) is 50.5 Å². The molecule has 2 rings (SSSR count). The van der Waals surface area contributed by atoms with Crippen molar-refractivity contribution in [3.05, 3.63) is 48.2 Å². The number of rotatable bonds is 8. The fraction of sp³-hybridized carbons (Fsp3) is 0.333. The molecule has 1 heterocycles. The molecule has 0 aliphatic rings. The maximum absolute atomic E-state index is 5.93. The summed E-state index contributed by atoms with van der Waals surface area (Å²) in [7, 11) is 5.63. The highest BCUT2D eigenvalue weighted by Crippen LogP contribution is 2.15. The van der Waals surface area contributed by atoms with Gasteiger partial charge in [0.25, 0.3) is 0 Å². The third-order valence-corrected chi connectivity index (χ3v) is 3.38. The lowest BCUT2D eigenvalue weighted by Gasteiger charge is -2.10. The van der Waals surface area contributed by atoms with Gasteiger partial charge in [0, 0.05) is 24.5 Å². The largest absolute Gasteiger partial charge is 0.497 e. The summed E-state index contributed by atoms with van der Waals surface area (Å²) in [4.78, 5) is 10.6. The van der Waals surface area contributed by atoms with E-state index in [-0.39, 0.29) is 24.0 Å². The number of benzene rings is 1. The number of likely N-dealkylation sites (N-methyl/N-ethyl adjacent to an activating group) is 1. The van der Waals surface area contributed by atoms with Crippen LogP contribution in [0.5, 0.6) is 11.6 Å². The summed E-state index contributed by atoms with van der Waals surface area (Å²) in [6, 6.07) is 11.2. The van der Waals surface area contributed by atoms with Crippen LogP contribution in [-0.2, 0) is 6.54 Å². The van der Waals surface area contributed by atoms with E-state index in [4.69, 9.17) is 15.2 Å². The molecule has 0 spiro atoms. The predicted molar refractivity (Wildman–Crippen MR) is 116 cm³/mol. The van der Waals surface area contributed by atoms with E-state index in [0.717, 1.165) is 23.5 Å². The van der Waals surface area contributed by atoms with Crippen LogP contribution in [0.3, 0.4) is 0 Å². The number of aliphatic imine (C=N–C) groups is 1. The molecule has 2 aromatic rings. The van der Waals surface area contributed by atoms with Gasteiger partial charge in [-0.3, -0.25) is 0 Å². The Hall–Kier alpha value is -2.07. The first-order valence-corrected chi connectivity index (χ1v) is 8.00. The average Bonchev–Trinajstić information content (AvgIpc) is 2.61. The fourth-order valence-corrected chi connectivity index (χ4v) is 2.00. The van der Waals surface area contributed by atoms with Crippen LogP contribution in [0.25, 0.3) is 0 Å². The molecular formula is C18H26IN5O2. The van der Waals surface area contributed by atoms with Crippen LogP contribution in [0.15, 0.2) is 47.6 Å². The van der Waals surface area contributed by atoms with E-state index in [1.165, 1.54) is 0 Å². The van der Waals surface area contributed by atoms with Gasteiger partial charge in [-0.25, -0.2) is 9.98 Å². The summed E-state index contributed by atoms with van der Waals surface area (Å²) >= 11 is 0. The van der Waals surface area contributed by atoms with Crippen molar-refractivity contribution in [1.29, 1.82) is 0 Å². The average molecular weight is 471 g/mol. The van der Waals surface area contributed by atoms with Crippen LogP contribution < -0.4 is 20.5 Å². The number of nitrogens with zero attached hydrogens (tertiary/aromatic N) is 3. The number of ether oxygens (including phenoxy) is 2. The number of pyridine rings is 1. The lowest BCUT2D eigenvalue weighted by molar-refractivity contribution is 0.253. The Morgan fingerprint density at radius 2 is 1.96 bits per heavy atom. The van der Waals surface area contributed by atoms with Gasteiger partial charge in [0.15, 0.2) is 5.96 Å². The van der Waals surface area contributed by atoms with Gasteiger partial charge in [-0.15, -0.1) is 24.0 Å². The smallest absolute Gasteiger partial charge is 0.213 e. The molecule has 0 atom stereocenters. The summed E-state index contributed by atoms with van der Waals surface area (Å²) in [6.45, 7) is 1.87. The standard InChI is InChI=1S/C18H25N5O2.HI/c1-23(2)10-11-25-17-12-14(8-9-20-17)13-21-18(19)22-15-4-6-16(24-3)7-5-15;/h4-9,12H,10-11,13H2,1-3H3,(H3,19,21,22);1H. The second-order valence-corrected chi connectivity index (χ2v) is 5.71. The first-order valence-electron chi connectivity index (χ1n) is 8.00. The van der Waals surface area contributed by atoms with E-state index >= 15 is 0 Å². The summed E-state index contributed by atoms with van der Waals surface area (Å²) in [5, 5.41) is 3.04. The minimum Gasteiger partial charge on any atom is -0.497 e. The number of guanidine groups is 1.